The second-order valence-electron chi connectivity index (χ2n) is 5.11. The average Bonchev–Trinajstić information content (AvgIpc) is 2.94. The van der Waals surface area contributed by atoms with E-state index in [2.05, 4.69) is 11.1 Å². The van der Waals surface area contributed by atoms with E-state index in [4.69, 9.17) is 9.68 Å². The van der Waals surface area contributed by atoms with Gasteiger partial charge in [0.1, 0.15) is 5.52 Å². The van der Waals surface area contributed by atoms with Gasteiger partial charge in [-0.3, -0.25) is 4.79 Å². The fourth-order valence-corrected chi connectivity index (χ4v) is 2.56. The Hall–Kier alpha value is -2.35. The van der Waals surface area contributed by atoms with Crippen LogP contribution in [0.4, 0.5) is 0 Å². The molecule has 1 aromatic heterocycles. The third-order valence-electron chi connectivity index (χ3n) is 3.75. The molecule has 5 nitrogen and oxygen atoms in total. The van der Waals surface area contributed by atoms with Crippen LogP contribution >= 0.6 is 0 Å². The Balaban J connectivity index is 1.66. The molecule has 0 spiro atoms. The SMILES string of the molecule is N#CC1CCC(=O)N(CCc2ccc3ncoc3c2)C1. The average molecular weight is 269 g/mol. The molecule has 102 valence electrons. The monoisotopic (exact) mass is 269 g/mol. The summed E-state index contributed by atoms with van der Waals surface area (Å²) in [5, 5.41) is 8.97. The molecule has 1 aliphatic rings. The topological polar surface area (TPSA) is 70.1 Å². The zero-order valence-electron chi connectivity index (χ0n) is 11.1. The summed E-state index contributed by atoms with van der Waals surface area (Å²) in [6, 6.07) is 8.14. The minimum absolute atomic E-state index is 0.0237. The molecule has 2 aromatic rings. The van der Waals surface area contributed by atoms with Crippen molar-refractivity contribution in [2.75, 3.05) is 13.1 Å². The number of likely N-dealkylation sites (tertiary alicyclic amines) is 1. The smallest absolute Gasteiger partial charge is 0.222 e. The largest absolute Gasteiger partial charge is 0.443 e. The Morgan fingerprint density at radius 2 is 2.40 bits per heavy atom. The summed E-state index contributed by atoms with van der Waals surface area (Å²) in [7, 11) is 0. The first-order valence-corrected chi connectivity index (χ1v) is 6.76. The molecular formula is C15H15N3O2. The number of carbonyl (C=O) groups excluding carboxylic acids is 1. The van der Waals surface area contributed by atoms with E-state index in [1.165, 1.54) is 6.39 Å². The Morgan fingerprint density at radius 3 is 3.25 bits per heavy atom. The van der Waals surface area contributed by atoms with Gasteiger partial charge in [-0.2, -0.15) is 5.26 Å². The lowest BCUT2D eigenvalue weighted by atomic mass is 9.98. The molecular weight excluding hydrogens is 254 g/mol. The van der Waals surface area contributed by atoms with Crippen LogP contribution in [-0.2, 0) is 11.2 Å². The molecule has 1 unspecified atom stereocenters. The number of hydrogen-bond donors (Lipinski definition) is 0. The number of oxazole rings is 1. The van der Waals surface area contributed by atoms with Gasteiger partial charge in [0.25, 0.3) is 0 Å². The van der Waals surface area contributed by atoms with Gasteiger partial charge in [0.2, 0.25) is 5.91 Å². The first-order chi connectivity index (χ1) is 9.76. The molecule has 20 heavy (non-hydrogen) atoms. The highest BCUT2D eigenvalue weighted by molar-refractivity contribution is 5.77. The van der Waals surface area contributed by atoms with Crippen molar-refractivity contribution in [1.82, 2.24) is 9.88 Å². The molecule has 0 saturated carbocycles. The zero-order chi connectivity index (χ0) is 13.9. The lowest BCUT2D eigenvalue weighted by Crippen LogP contribution is -2.40. The number of fused-ring (bicyclic) bond motifs is 1. The molecule has 0 N–H and O–H groups in total. The van der Waals surface area contributed by atoms with Crippen LogP contribution in [0.5, 0.6) is 0 Å². The van der Waals surface area contributed by atoms with Crippen LogP contribution in [0.15, 0.2) is 29.0 Å². The van der Waals surface area contributed by atoms with Crippen LogP contribution in [0.3, 0.4) is 0 Å². The van der Waals surface area contributed by atoms with Gasteiger partial charge in [-0.05, 0) is 30.5 Å². The number of benzene rings is 1. The zero-order valence-corrected chi connectivity index (χ0v) is 11.1. The summed E-state index contributed by atoms with van der Waals surface area (Å²) in [5.41, 5.74) is 2.72. The van der Waals surface area contributed by atoms with Crippen molar-refractivity contribution in [3.05, 3.63) is 30.2 Å². The normalized spacial score (nSPS) is 19.2. The van der Waals surface area contributed by atoms with Crippen molar-refractivity contribution < 1.29 is 9.21 Å². The Morgan fingerprint density at radius 1 is 1.50 bits per heavy atom. The third-order valence-corrected chi connectivity index (χ3v) is 3.75. The van der Waals surface area contributed by atoms with Gasteiger partial charge < -0.3 is 9.32 Å². The van der Waals surface area contributed by atoms with E-state index < -0.39 is 0 Å². The summed E-state index contributed by atoms with van der Waals surface area (Å²) < 4.78 is 5.27. The molecule has 1 amide bonds. The molecule has 1 atom stereocenters. The van der Waals surface area contributed by atoms with Gasteiger partial charge in [-0.25, -0.2) is 4.98 Å². The predicted octanol–water partition coefficient (Wildman–Crippen LogP) is 2.13. The minimum Gasteiger partial charge on any atom is -0.443 e. The first kappa shape index (κ1) is 12.7. The maximum Gasteiger partial charge on any atom is 0.222 e. The minimum atomic E-state index is -0.0237. The molecule has 1 aromatic carbocycles. The van der Waals surface area contributed by atoms with Crippen LogP contribution in [-0.4, -0.2) is 28.9 Å². The Bertz CT molecular complexity index is 671. The summed E-state index contributed by atoms with van der Waals surface area (Å²) in [6.45, 7) is 1.20. The quantitative estimate of drug-likeness (QED) is 0.855. The first-order valence-electron chi connectivity index (χ1n) is 6.76. The van der Waals surface area contributed by atoms with Crippen molar-refractivity contribution in [2.24, 2.45) is 5.92 Å². The molecule has 1 aliphatic heterocycles. The van der Waals surface area contributed by atoms with E-state index >= 15 is 0 Å². The number of aromatic nitrogens is 1. The Kier molecular flexibility index (Phi) is 3.38. The fraction of sp³-hybridized carbons (Fsp3) is 0.400. The van der Waals surface area contributed by atoms with E-state index in [1.807, 2.05) is 18.2 Å². The molecule has 2 heterocycles. The van der Waals surface area contributed by atoms with Crippen LogP contribution in [0.2, 0.25) is 0 Å². The lowest BCUT2D eigenvalue weighted by molar-refractivity contribution is -0.134. The highest BCUT2D eigenvalue weighted by Gasteiger charge is 2.24. The summed E-state index contributed by atoms with van der Waals surface area (Å²) in [4.78, 5) is 17.7. The van der Waals surface area contributed by atoms with E-state index in [9.17, 15) is 4.79 Å². The van der Waals surface area contributed by atoms with E-state index in [0.717, 1.165) is 23.1 Å². The van der Waals surface area contributed by atoms with E-state index in [0.29, 0.717) is 25.9 Å². The van der Waals surface area contributed by atoms with Crippen LogP contribution in [0.1, 0.15) is 18.4 Å². The molecule has 0 bridgehead atoms. The van der Waals surface area contributed by atoms with Crippen molar-refractivity contribution in [3.63, 3.8) is 0 Å². The van der Waals surface area contributed by atoms with E-state index in [1.54, 1.807) is 4.90 Å². The number of nitrogens with zero attached hydrogens (tertiary/aromatic N) is 3. The number of nitriles is 1. The highest BCUT2D eigenvalue weighted by Crippen LogP contribution is 2.18. The Labute approximate surface area is 116 Å². The van der Waals surface area contributed by atoms with Crippen LogP contribution < -0.4 is 0 Å². The molecule has 0 aliphatic carbocycles. The van der Waals surface area contributed by atoms with E-state index in [-0.39, 0.29) is 11.8 Å². The van der Waals surface area contributed by atoms with Gasteiger partial charge in [0.15, 0.2) is 12.0 Å². The summed E-state index contributed by atoms with van der Waals surface area (Å²) >= 11 is 0. The maximum absolute atomic E-state index is 11.8. The molecule has 5 heteroatoms. The fourth-order valence-electron chi connectivity index (χ4n) is 2.56. The van der Waals surface area contributed by atoms with Gasteiger partial charge >= 0.3 is 0 Å². The maximum atomic E-state index is 11.8. The number of hydrogen-bond acceptors (Lipinski definition) is 4. The number of rotatable bonds is 3. The van der Waals surface area contributed by atoms with Crippen LogP contribution in [0.25, 0.3) is 11.1 Å². The highest BCUT2D eigenvalue weighted by atomic mass is 16.3. The summed E-state index contributed by atoms with van der Waals surface area (Å²) in [6.07, 6.45) is 3.37. The van der Waals surface area contributed by atoms with Gasteiger partial charge in [-0.1, -0.05) is 6.07 Å². The third kappa shape index (κ3) is 2.50. The predicted molar refractivity (Wildman–Crippen MR) is 72.6 cm³/mol. The number of amides is 1. The van der Waals surface area contributed by atoms with Crippen molar-refractivity contribution in [3.8, 4) is 6.07 Å². The molecule has 0 radical (unpaired) electrons. The van der Waals surface area contributed by atoms with Crippen molar-refractivity contribution in [2.45, 2.75) is 19.3 Å². The van der Waals surface area contributed by atoms with Gasteiger partial charge in [-0.15, -0.1) is 0 Å². The molecule has 1 saturated heterocycles. The number of piperidine rings is 1. The van der Waals surface area contributed by atoms with Crippen molar-refractivity contribution >= 4 is 17.0 Å². The van der Waals surface area contributed by atoms with Gasteiger partial charge in [0.05, 0.1) is 12.0 Å². The summed E-state index contributed by atoms with van der Waals surface area (Å²) in [5.74, 6) is 0.127. The number of carbonyl (C=O) groups is 1. The molecule has 3 rings (SSSR count). The van der Waals surface area contributed by atoms with Crippen LogP contribution in [0, 0.1) is 17.2 Å². The standard InChI is InChI=1S/C15H15N3O2/c16-8-12-2-4-15(19)18(9-12)6-5-11-1-3-13-14(7-11)20-10-17-13/h1,3,7,10,12H,2,4-6,9H2. The molecule has 1 fully saturated rings. The second-order valence-corrected chi connectivity index (χ2v) is 5.11. The lowest BCUT2D eigenvalue weighted by Gasteiger charge is -2.29. The van der Waals surface area contributed by atoms with Gasteiger partial charge in [0, 0.05) is 19.5 Å². The van der Waals surface area contributed by atoms with Crippen molar-refractivity contribution in [1.29, 1.82) is 5.26 Å². The second kappa shape index (κ2) is 5.33.